The third-order valence-corrected chi connectivity index (χ3v) is 6.55. The minimum absolute atomic E-state index is 0.00234. The van der Waals surface area contributed by atoms with Crippen LogP contribution in [0.4, 0.5) is 4.39 Å². The summed E-state index contributed by atoms with van der Waals surface area (Å²) in [5.74, 6) is -0.983. The molecule has 1 N–H and O–H groups in total. The molecule has 2 amide bonds. The van der Waals surface area contributed by atoms with Crippen LogP contribution in [0.5, 0.6) is 0 Å². The SMILES string of the molecule is O=C(NCCc1ccc(F)cc1)C1CC(=O)N(C2CCS(=O)(=O)C2)C1. The molecule has 6 nitrogen and oxygen atoms in total. The van der Waals surface area contributed by atoms with Gasteiger partial charge in [0.1, 0.15) is 5.82 Å². The van der Waals surface area contributed by atoms with Crippen LogP contribution in [0, 0.1) is 11.7 Å². The Bertz CT molecular complexity index is 763. The molecule has 2 aliphatic rings. The molecule has 3 rings (SSSR count). The lowest BCUT2D eigenvalue weighted by Crippen LogP contribution is -2.39. The number of hydrogen-bond donors (Lipinski definition) is 1. The Morgan fingerprint density at radius 1 is 1.28 bits per heavy atom. The van der Waals surface area contributed by atoms with Gasteiger partial charge in [0.15, 0.2) is 9.84 Å². The van der Waals surface area contributed by atoms with E-state index in [1.54, 1.807) is 17.0 Å². The molecule has 0 saturated carbocycles. The molecular formula is C17H21FN2O4S. The number of likely N-dealkylation sites (tertiary alicyclic amines) is 1. The van der Waals surface area contributed by atoms with Crippen molar-refractivity contribution in [3.63, 3.8) is 0 Å². The first-order valence-corrected chi connectivity index (χ1v) is 10.2. The van der Waals surface area contributed by atoms with E-state index in [1.807, 2.05) is 0 Å². The van der Waals surface area contributed by atoms with Crippen molar-refractivity contribution in [3.05, 3.63) is 35.6 Å². The predicted molar refractivity (Wildman–Crippen MR) is 90.0 cm³/mol. The maximum Gasteiger partial charge on any atom is 0.225 e. The molecule has 0 aliphatic carbocycles. The number of halogens is 1. The molecule has 0 aromatic heterocycles. The summed E-state index contributed by atoms with van der Waals surface area (Å²) in [5, 5.41) is 2.81. The zero-order valence-electron chi connectivity index (χ0n) is 13.8. The molecular weight excluding hydrogens is 347 g/mol. The monoisotopic (exact) mass is 368 g/mol. The van der Waals surface area contributed by atoms with E-state index in [9.17, 15) is 22.4 Å². The van der Waals surface area contributed by atoms with E-state index in [2.05, 4.69) is 5.32 Å². The topological polar surface area (TPSA) is 83.6 Å². The van der Waals surface area contributed by atoms with Crippen LogP contribution in [0.3, 0.4) is 0 Å². The molecule has 2 unspecified atom stereocenters. The average Bonchev–Trinajstić information content (AvgIpc) is 3.11. The lowest BCUT2D eigenvalue weighted by Gasteiger charge is -2.22. The van der Waals surface area contributed by atoms with Gasteiger partial charge in [0.05, 0.1) is 17.4 Å². The maximum absolute atomic E-state index is 12.8. The third kappa shape index (κ3) is 4.36. The van der Waals surface area contributed by atoms with Crippen molar-refractivity contribution in [2.75, 3.05) is 24.6 Å². The van der Waals surface area contributed by atoms with E-state index in [4.69, 9.17) is 0 Å². The van der Waals surface area contributed by atoms with Crippen molar-refractivity contribution in [1.82, 2.24) is 10.2 Å². The smallest absolute Gasteiger partial charge is 0.225 e. The molecule has 1 aromatic rings. The highest BCUT2D eigenvalue weighted by Gasteiger charge is 2.41. The highest BCUT2D eigenvalue weighted by atomic mass is 32.2. The van der Waals surface area contributed by atoms with Gasteiger partial charge in [-0.3, -0.25) is 9.59 Å². The molecule has 2 heterocycles. The van der Waals surface area contributed by atoms with Crippen LogP contribution < -0.4 is 5.32 Å². The van der Waals surface area contributed by atoms with Crippen LogP contribution in [0.15, 0.2) is 24.3 Å². The Morgan fingerprint density at radius 2 is 2.00 bits per heavy atom. The standard InChI is InChI=1S/C17H21FN2O4S/c18-14-3-1-12(2-4-14)5-7-19-17(22)13-9-16(21)20(10-13)15-6-8-25(23,24)11-15/h1-4,13,15H,5-11H2,(H,19,22). The number of nitrogens with zero attached hydrogens (tertiary/aromatic N) is 1. The van der Waals surface area contributed by atoms with E-state index in [-0.39, 0.29) is 48.1 Å². The number of sulfone groups is 1. The zero-order valence-corrected chi connectivity index (χ0v) is 14.6. The van der Waals surface area contributed by atoms with Gasteiger partial charge in [-0.2, -0.15) is 0 Å². The van der Waals surface area contributed by atoms with Gasteiger partial charge in [-0.05, 0) is 30.5 Å². The first-order valence-electron chi connectivity index (χ1n) is 8.36. The summed E-state index contributed by atoms with van der Waals surface area (Å²) >= 11 is 0. The normalized spacial score (nSPS) is 25.3. The Labute approximate surface area is 146 Å². The summed E-state index contributed by atoms with van der Waals surface area (Å²) in [4.78, 5) is 25.9. The highest BCUT2D eigenvalue weighted by molar-refractivity contribution is 7.91. The molecule has 2 aliphatic heterocycles. The number of nitrogens with one attached hydrogen (secondary N) is 1. The van der Waals surface area contributed by atoms with Crippen molar-refractivity contribution in [3.8, 4) is 0 Å². The summed E-state index contributed by atoms with van der Waals surface area (Å²) in [6, 6.07) is 5.79. The summed E-state index contributed by atoms with van der Waals surface area (Å²) in [6.45, 7) is 0.689. The fourth-order valence-corrected chi connectivity index (χ4v) is 5.14. The van der Waals surface area contributed by atoms with Crippen molar-refractivity contribution in [2.45, 2.75) is 25.3 Å². The van der Waals surface area contributed by atoms with Crippen LogP contribution in [-0.2, 0) is 25.8 Å². The van der Waals surface area contributed by atoms with Crippen molar-refractivity contribution in [1.29, 1.82) is 0 Å². The number of hydrogen-bond acceptors (Lipinski definition) is 4. The van der Waals surface area contributed by atoms with Crippen molar-refractivity contribution in [2.24, 2.45) is 5.92 Å². The second-order valence-electron chi connectivity index (χ2n) is 6.67. The fraction of sp³-hybridized carbons (Fsp3) is 0.529. The summed E-state index contributed by atoms with van der Waals surface area (Å²) in [6.07, 6.45) is 1.16. The fourth-order valence-electron chi connectivity index (χ4n) is 3.41. The van der Waals surface area contributed by atoms with Gasteiger partial charge >= 0.3 is 0 Å². The van der Waals surface area contributed by atoms with Crippen LogP contribution in [0.25, 0.3) is 0 Å². The van der Waals surface area contributed by atoms with Gasteiger partial charge in [0, 0.05) is 25.6 Å². The van der Waals surface area contributed by atoms with Gasteiger partial charge < -0.3 is 10.2 Å². The largest absolute Gasteiger partial charge is 0.355 e. The molecule has 2 saturated heterocycles. The molecule has 2 atom stereocenters. The minimum Gasteiger partial charge on any atom is -0.355 e. The Balaban J connectivity index is 1.48. The lowest BCUT2D eigenvalue weighted by atomic mass is 10.1. The molecule has 0 radical (unpaired) electrons. The number of carbonyl (C=O) groups is 2. The van der Waals surface area contributed by atoms with Crippen LogP contribution in [-0.4, -0.2) is 55.8 Å². The molecule has 136 valence electrons. The van der Waals surface area contributed by atoms with Crippen molar-refractivity contribution < 1.29 is 22.4 Å². The number of rotatable bonds is 5. The van der Waals surface area contributed by atoms with Crippen LogP contribution >= 0.6 is 0 Å². The van der Waals surface area contributed by atoms with E-state index in [1.165, 1.54) is 12.1 Å². The summed E-state index contributed by atoms with van der Waals surface area (Å²) in [5.41, 5.74) is 0.919. The molecule has 1 aromatic carbocycles. The van der Waals surface area contributed by atoms with E-state index in [0.29, 0.717) is 19.4 Å². The van der Waals surface area contributed by atoms with E-state index >= 15 is 0 Å². The Kier molecular flexibility index (Phi) is 5.08. The van der Waals surface area contributed by atoms with E-state index < -0.39 is 15.8 Å². The molecule has 2 fully saturated rings. The summed E-state index contributed by atoms with van der Waals surface area (Å²) in [7, 11) is -3.06. The lowest BCUT2D eigenvalue weighted by molar-refractivity contribution is -0.130. The predicted octanol–water partition coefficient (Wildman–Crippen LogP) is 0.520. The number of benzene rings is 1. The second-order valence-corrected chi connectivity index (χ2v) is 8.90. The van der Waals surface area contributed by atoms with Gasteiger partial charge in [0.25, 0.3) is 0 Å². The van der Waals surface area contributed by atoms with Gasteiger partial charge in [-0.15, -0.1) is 0 Å². The quantitative estimate of drug-likeness (QED) is 0.821. The summed E-state index contributed by atoms with van der Waals surface area (Å²) < 4.78 is 36.0. The molecule has 0 bridgehead atoms. The minimum atomic E-state index is -3.06. The van der Waals surface area contributed by atoms with Gasteiger partial charge in [-0.1, -0.05) is 12.1 Å². The Morgan fingerprint density at radius 3 is 2.64 bits per heavy atom. The Hall–Kier alpha value is -1.96. The van der Waals surface area contributed by atoms with Crippen molar-refractivity contribution >= 4 is 21.7 Å². The number of carbonyl (C=O) groups excluding carboxylic acids is 2. The maximum atomic E-state index is 12.8. The van der Waals surface area contributed by atoms with Gasteiger partial charge in [0.2, 0.25) is 11.8 Å². The first-order chi connectivity index (χ1) is 11.8. The number of amides is 2. The first kappa shape index (κ1) is 17.8. The molecule has 0 spiro atoms. The van der Waals surface area contributed by atoms with Crippen LogP contribution in [0.2, 0.25) is 0 Å². The zero-order chi connectivity index (χ0) is 18.0. The van der Waals surface area contributed by atoms with E-state index in [0.717, 1.165) is 5.56 Å². The van der Waals surface area contributed by atoms with Crippen LogP contribution in [0.1, 0.15) is 18.4 Å². The average molecular weight is 368 g/mol. The highest BCUT2D eigenvalue weighted by Crippen LogP contribution is 2.26. The third-order valence-electron chi connectivity index (χ3n) is 4.80. The molecule has 8 heteroatoms. The second kappa shape index (κ2) is 7.11. The van der Waals surface area contributed by atoms with Gasteiger partial charge in [-0.25, -0.2) is 12.8 Å². The molecule has 25 heavy (non-hydrogen) atoms.